The molecule has 8 heteroatoms. The van der Waals surface area contributed by atoms with Crippen LogP contribution < -0.4 is 10.5 Å². The minimum atomic E-state index is -3.61. The van der Waals surface area contributed by atoms with Crippen LogP contribution in [0.25, 0.3) is 0 Å². The van der Waals surface area contributed by atoms with Gasteiger partial charge in [-0.25, -0.2) is 18.1 Å². The Hall–Kier alpha value is -0.990. The van der Waals surface area contributed by atoms with E-state index >= 15 is 0 Å². The number of hydrogen-bond donors (Lipinski definition) is 2. The minimum Gasteiger partial charge on any atom is -0.326 e. The Morgan fingerprint density at radius 1 is 1.43 bits per heavy atom. The second kappa shape index (κ2) is 6.85. The van der Waals surface area contributed by atoms with E-state index in [0.29, 0.717) is 17.0 Å². The Kier molecular flexibility index (Phi) is 5.34. The van der Waals surface area contributed by atoms with Crippen LogP contribution in [0.15, 0.2) is 27.9 Å². The first-order valence-electron chi connectivity index (χ1n) is 6.30. The van der Waals surface area contributed by atoms with Gasteiger partial charge in [0.25, 0.3) is 0 Å². The zero-order valence-electron chi connectivity index (χ0n) is 11.5. The molecule has 0 amide bonds. The maximum Gasteiger partial charge on any atom is 0.240 e. The summed E-state index contributed by atoms with van der Waals surface area (Å²) in [6.45, 7) is 2.26. The van der Waals surface area contributed by atoms with Gasteiger partial charge in [-0.2, -0.15) is 0 Å². The van der Waals surface area contributed by atoms with Crippen LogP contribution in [0.1, 0.15) is 16.8 Å². The largest absolute Gasteiger partial charge is 0.326 e. The van der Waals surface area contributed by atoms with Crippen molar-refractivity contribution in [3.63, 3.8) is 0 Å². The van der Waals surface area contributed by atoms with E-state index in [4.69, 9.17) is 17.3 Å². The number of hydrogen-bond acceptors (Lipinski definition) is 5. The summed E-state index contributed by atoms with van der Waals surface area (Å²) >= 11 is 7.45. The molecule has 0 aliphatic carbocycles. The Balaban J connectivity index is 2.17. The molecule has 0 fully saturated rings. The molecule has 0 bridgehead atoms. The van der Waals surface area contributed by atoms with Crippen molar-refractivity contribution in [2.45, 2.75) is 24.8 Å². The van der Waals surface area contributed by atoms with Crippen LogP contribution in [-0.4, -0.2) is 19.9 Å². The minimum absolute atomic E-state index is 0.175. The van der Waals surface area contributed by atoms with Crippen molar-refractivity contribution in [1.82, 2.24) is 9.71 Å². The zero-order valence-corrected chi connectivity index (χ0v) is 13.9. The average molecular weight is 346 g/mol. The molecule has 0 saturated heterocycles. The average Bonchev–Trinajstić information content (AvgIpc) is 2.93. The molecule has 0 aliphatic heterocycles. The van der Waals surface area contributed by atoms with Gasteiger partial charge in [0.15, 0.2) is 0 Å². The van der Waals surface area contributed by atoms with Gasteiger partial charge in [0.2, 0.25) is 10.0 Å². The number of aromatic nitrogens is 1. The highest BCUT2D eigenvalue weighted by molar-refractivity contribution is 7.89. The smallest absolute Gasteiger partial charge is 0.240 e. The van der Waals surface area contributed by atoms with Crippen molar-refractivity contribution in [1.29, 1.82) is 0 Å². The quantitative estimate of drug-likeness (QED) is 0.839. The molecule has 0 atom stereocenters. The van der Waals surface area contributed by atoms with Crippen LogP contribution in [0.2, 0.25) is 5.02 Å². The highest BCUT2D eigenvalue weighted by Crippen LogP contribution is 2.24. The second-order valence-electron chi connectivity index (χ2n) is 4.52. The van der Waals surface area contributed by atoms with E-state index in [1.165, 1.54) is 17.4 Å². The van der Waals surface area contributed by atoms with Crippen LogP contribution >= 0.6 is 22.9 Å². The van der Waals surface area contributed by atoms with E-state index in [0.717, 1.165) is 11.3 Å². The van der Waals surface area contributed by atoms with Gasteiger partial charge in [-0.3, -0.25) is 0 Å². The standard InChI is InChI=1S/C13H16ClN3O2S2/c1-9-10(6-15)4-11(14)5-13(9)21(18,19)17-3-2-12-7-20-8-16-12/h4-5,7-8,17H,2-3,6,15H2,1H3. The lowest BCUT2D eigenvalue weighted by molar-refractivity contribution is 0.580. The van der Waals surface area contributed by atoms with E-state index in [9.17, 15) is 8.42 Å². The lowest BCUT2D eigenvalue weighted by Gasteiger charge is -2.12. The summed E-state index contributed by atoms with van der Waals surface area (Å²) in [7, 11) is -3.61. The van der Waals surface area contributed by atoms with Crippen LogP contribution in [0.3, 0.4) is 0 Å². The Morgan fingerprint density at radius 2 is 2.19 bits per heavy atom. The first kappa shape index (κ1) is 16.4. The van der Waals surface area contributed by atoms with Gasteiger partial charge in [-0.15, -0.1) is 11.3 Å². The summed E-state index contributed by atoms with van der Waals surface area (Å²) in [6, 6.07) is 3.13. The van der Waals surface area contributed by atoms with Gasteiger partial charge in [-0.1, -0.05) is 11.6 Å². The summed E-state index contributed by atoms with van der Waals surface area (Å²) in [4.78, 5) is 4.29. The van der Waals surface area contributed by atoms with Crippen LogP contribution in [-0.2, 0) is 23.0 Å². The van der Waals surface area contributed by atoms with Gasteiger partial charge in [0.05, 0.1) is 16.1 Å². The lowest BCUT2D eigenvalue weighted by Crippen LogP contribution is -2.27. The molecule has 3 N–H and O–H groups in total. The van der Waals surface area contributed by atoms with E-state index in [1.54, 1.807) is 18.5 Å². The highest BCUT2D eigenvalue weighted by Gasteiger charge is 2.19. The molecule has 2 rings (SSSR count). The highest BCUT2D eigenvalue weighted by atomic mass is 35.5. The summed E-state index contributed by atoms with van der Waals surface area (Å²) in [5.74, 6) is 0. The number of benzene rings is 1. The fourth-order valence-electron chi connectivity index (χ4n) is 1.95. The maximum absolute atomic E-state index is 12.4. The molecule has 1 aromatic heterocycles. The summed E-state index contributed by atoms with van der Waals surface area (Å²) in [5, 5.41) is 2.26. The van der Waals surface area contributed by atoms with Crippen molar-refractivity contribution in [3.05, 3.63) is 44.9 Å². The number of nitrogens with one attached hydrogen (secondary N) is 1. The van der Waals surface area contributed by atoms with Crippen LogP contribution in [0, 0.1) is 6.92 Å². The molecule has 0 unspecified atom stereocenters. The molecular weight excluding hydrogens is 330 g/mol. The summed E-state index contributed by atoms with van der Waals surface area (Å²) < 4.78 is 27.3. The van der Waals surface area contributed by atoms with Gasteiger partial charge >= 0.3 is 0 Å². The van der Waals surface area contributed by atoms with Crippen molar-refractivity contribution in [2.24, 2.45) is 5.73 Å². The molecule has 0 radical (unpaired) electrons. The molecule has 1 aromatic carbocycles. The van der Waals surface area contributed by atoms with Gasteiger partial charge in [0.1, 0.15) is 0 Å². The predicted molar refractivity (Wildman–Crippen MR) is 85.1 cm³/mol. The molecule has 0 saturated carbocycles. The van der Waals surface area contributed by atoms with E-state index in [1.807, 2.05) is 5.38 Å². The first-order valence-corrected chi connectivity index (χ1v) is 9.10. The Bertz CT molecular complexity index is 715. The van der Waals surface area contributed by atoms with Crippen molar-refractivity contribution in [3.8, 4) is 0 Å². The van der Waals surface area contributed by atoms with Crippen LogP contribution in [0.4, 0.5) is 0 Å². The molecule has 21 heavy (non-hydrogen) atoms. The monoisotopic (exact) mass is 345 g/mol. The fraction of sp³-hybridized carbons (Fsp3) is 0.308. The molecular formula is C13H16ClN3O2S2. The third-order valence-corrected chi connectivity index (χ3v) is 5.54. The third-order valence-electron chi connectivity index (χ3n) is 3.10. The van der Waals surface area contributed by atoms with Gasteiger partial charge in [0, 0.05) is 29.9 Å². The Morgan fingerprint density at radius 3 is 2.81 bits per heavy atom. The molecule has 0 aliphatic rings. The third kappa shape index (κ3) is 4.02. The number of rotatable bonds is 6. The number of nitrogens with zero attached hydrogens (tertiary/aromatic N) is 1. The Labute approximate surface area is 133 Å². The van der Waals surface area contributed by atoms with E-state index in [2.05, 4.69) is 9.71 Å². The second-order valence-corrected chi connectivity index (χ2v) is 7.41. The SMILES string of the molecule is Cc1c(CN)cc(Cl)cc1S(=O)(=O)NCCc1cscn1. The fourth-order valence-corrected chi connectivity index (χ4v) is 4.19. The number of nitrogens with two attached hydrogens (primary N) is 1. The normalized spacial score (nSPS) is 11.8. The molecule has 5 nitrogen and oxygen atoms in total. The van der Waals surface area contributed by atoms with Crippen molar-refractivity contribution >= 4 is 33.0 Å². The molecule has 1 heterocycles. The van der Waals surface area contributed by atoms with Gasteiger partial charge in [-0.05, 0) is 30.2 Å². The molecule has 114 valence electrons. The van der Waals surface area contributed by atoms with E-state index < -0.39 is 10.0 Å². The van der Waals surface area contributed by atoms with Crippen LogP contribution in [0.5, 0.6) is 0 Å². The zero-order chi connectivity index (χ0) is 15.5. The maximum atomic E-state index is 12.4. The van der Waals surface area contributed by atoms with Crippen molar-refractivity contribution < 1.29 is 8.42 Å². The summed E-state index contributed by atoms with van der Waals surface area (Å²) in [5.41, 5.74) is 9.56. The molecule has 0 spiro atoms. The van der Waals surface area contributed by atoms with E-state index in [-0.39, 0.29) is 18.0 Å². The molecule has 2 aromatic rings. The lowest BCUT2D eigenvalue weighted by atomic mass is 10.1. The van der Waals surface area contributed by atoms with Gasteiger partial charge < -0.3 is 5.73 Å². The first-order chi connectivity index (χ1) is 9.94. The summed E-state index contributed by atoms with van der Waals surface area (Å²) in [6.07, 6.45) is 0.548. The number of thiazole rings is 1. The topological polar surface area (TPSA) is 85.1 Å². The predicted octanol–water partition coefficient (Wildman–Crippen LogP) is 2.08. The number of halogens is 1. The number of sulfonamides is 1. The van der Waals surface area contributed by atoms with Crippen molar-refractivity contribution in [2.75, 3.05) is 6.54 Å².